The molecule has 1 aromatic heterocycles. The lowest BCUT2D eigenvalue weighted by molar-refractivity contribution is -0.136. The molecule has 0 bridgehead atoms. The third-order valence-electron chi connectivity index (χ3n) is 1.38. The molecule has 0 fully saturated rings. The number of rotatable bonds is 2. The van der Waals surface area contributed by atoms with Crippen LogP contribution < -0.4 is 0 Å². The Bertz CT molecular complexity index is 314. The second-order valence-corrected chi connectivity index (χ2v) is 2.75. The van der Waals surface area contributed by atoms with Gasteiger partial charge in [-0.25, -0.2) is 0 Å². The molecule has 0 amide bonds. The minimum absolute atomic E-state index is 0.115. The molecule has 0 saturated carbocycles. The van der Waals surface area contributed by atoms with Crippen molar-refractivity contribution >= 4 is 17.6 Å². The summed E-state index contributed by atoms with van der Waals surface area (Å²) >= 11 is 5.53. The van der Waals surface area contributed by atoms with Crippen molar-refractivity contribution in [3.8, 4) is 0 Å². The SMILES string of the molecule is Cc1cc(Cl)nnc1CC(=O)O. The molecule has 1 rings (SSSR count). The minimum Gasteiger partial charge on any atom is -0.481 e. The van der Waals surface area contributed by atoms with Crippen molar-refractivity contribution in [2.24, 2.45) is 0 Å². The molecule has 0 atom stereocenters. The third-order valence-corrected chi connectivity index (χ3v) is 1.56. The third kappa shape index (κ3) is 2.17. The van der Waals surface area contributed by atoms with Gasteiger partial charge >= 0.3 is 5.97 Å². The summed E-state index contributed by atoms with van der Waals surface area (Å²) in [6, 6.07) is 1.59. The van der Waals surface area contributed by atoms with Crippen LogP contribution in [0.1, 0.15) is 11.3 Å². The normalized spacial score (nSPS) is 9.83. The van der Waals surface area contributed by atoms with Gasteiger partial charge in [-0.15, -0.1) is 5.10 Å². The van der Waals surface area contributed by atoms with Crippen LogP contribution in [0.15, 0.2) is 6.07 Å². The van der Waals surface area contributed by atoms with Crippen molar-refractivity contribution in [2.45, 2.75) is 13.3 Å². The average molecular weight is 187 g/mol. The minimum atomic E-state index is -0.922. The molecule has 0 spiro atoms. The summed E-state index contributed by atoms with van der Waals surface area (Å²) in [5.74, 6) is -0.922. The quantitative estimate of drug-likeness (QED) is 0.751. The maximum absolute atomic E-state index is 10.3. The standard InChI is InChI=1S/C7H7ClN2O2/c1-4-2-6(8)10-9-5(4)3-7(11)12/h2H,3H2,1H3,(H,11,12). The summed E-state index contributed by atoms with van der Waals surface area (Å²) in [4.78, 5) is 10.3. The first kappa shape index (κ1) is 8.93. The fourth-order valence-corrected chi connectivity index (χ4v) is 0.997. The fourth-order valence-electron chi connectivity index (χ4n) is 0.796. The molecule has 0 saturated heterocycles. The molecule has 0 aliphatic rings. The Morgan fingerprint density at radius 2 is 2.33 bits per heavy atom. The van der Waals surface area contributed by atoms with Crippen LogP contribution in [0.25, 0.3) is 0 Å². The molecule has 0 radical (unpaired) electrons. The van der Waals surface area contributed by atoms with Crippen molar-refractivity contribution < 1.29 is 9.90 Å². The van der Waals surface area contributed by atoms with Gasteiger partial charge in [0.15, 0.2) is 5.15 Å². The number of aryl methyl sites for hydroxylation is 1. The first-order valence-corrected chi connectivity index (χ1v) is 3.68. The van der Waals surface area contributed by atoms with Gasteiger partial charge in [-0.3, -0.25) is 4.79 Å². The first-order valence-electron chi connectivity index (χ1n) is 3.30. The molecule has 4 nitrogen and oxygen atoms in total. The van der Waals surface area contributed by atoms with Crippen molar-refractivity contribution in [1.82, 2.24) is 10.2 Å². The number of halogens is 1. The Balaban J connectivity index is 2.93. The maximum Gasteiger partial charge on any atom is 0.309 e. The van der Waals surface area contributed by atoms with Crippen molar-refractivity contribution in [2.75, 3.05) is 0 Å². The number of aromatic nitrogens is 2. The van der Waals surface area contributed by atoms with Gasteiger partial charge in [0.1, 0.15) is 0 Å². The van der Waals surface area contributed by atoms with E-state index < -0.39 is 5.97 Å². The van der Waals surface area contributed by atoms with Crippen molar-refractivity contribution in [3.05, 3.63) is 22.5 Å². The Morgan fingerprint density at radius 3 is 2.83 bits per heavy atom. The largest absolute Gasteiger partial charge is 0.481 e. The summed E-state index contributed by atoms with van der Waals surface area (Å²) in [5, 5.41) is 15.9. The van der Waals surface area contributed by atoms with E-state index in [9.17, 15) is 4.79 Å². The second kappa shape index (κ2) is 3.49. The molecule has 1 N–H and O–H groups in total. The van der Waals surface area contributed by atoms with Gasteiger partial charge in [0.05, 0.1) is 12.1 Å². The number of hydrogen-bond donors (Lipinski definition) is 1. The number of aliphatic carboxylic acids is 1. The Hall–Kier alpha value is -1.16. The first-order chi connectivity index (χ1) is 5.59. The topological polar surface area (TPSA) is 63.1 Å². The summed E-state index contributed by atoms with van der Waals surface area (Å²) in [5.41, 5.74) is 1.20. The van der Waals surface area contributed by atoms with Crippen molar-refractivity contribution in [1.29, 1.82) is 0 Å². The van der Waals surface area contributed by atoms with E-state index in [0.717, 1.165) is 5.56 Å². The molecular formula is C7H7ClN2O2. The second-order valence-electron chi connectivity index (χ2n) is 2.37. The molecule has 64 valence electrons. The van der Waals surface area contributed by atoms with Gasteiger partial charge in [0, 0.05) is 0 Å². The van der Waals surface area contributed by atoms with Crippen LogP contribution in [0, 0.1) is 6.92 Å². The number of nitrogens with zero attached hydrogens (tertiary/aromatic N) is 2. The zero-order valence-corrected chi connectivity index (χ0v) is 7.17. The molecule has 1 aromatic rings. The highest BCUT2D eigenvalue weighted by molar-refractivity contribution is 6.29. The lowest BCUT2D eigenvalue weighted by Gasteiger charge is -1.99. The van der Waals surface area contributed by atoms with Crippen LogP contribution >= 0.6 is 11.6 Å². The average Bonchev–Trinajstić information content (AvgIpc) is 1.94. The van der Waals surface area contributed by atoms with Gasteiger partial charge in [-0.05, 0) is 18.6 Å². The lowest BCUT2D eigenvalue weighted by atomic mass is 10.2. The molecule has 0 aliphatic carbocycles. The summed E-state index contributed by atoms with van der Waals surface area (Å²) in [7, 11) is 0. The highest BCUT2D eigenvalue weighted by Crippen LogP contribution is 2.09. The van der Waals surface area contributed by atoms with E-state index in [0.29, 0.717) is 5.69 Å². The van der Waals surface area contributed by atoms with Gasteiger partial charge in [-0.2, -0.15) is 5.10 Å². The van der Waals surface area contributed by atoms with E-state index in [1.54, 1.807) is 13.0 Å². The Morgan fingerprint density at radius 1 is 1.67 bits per heavy atom. The summed E-state index contributed by atoms with van der Waals surface area (Å²) in [6.45, 7) is 1.75. The van der Waals surface area contributed by atoms with Crippen LogP contribution in [0.5, 0.6) is 0 Å². The molecule has 0 aliphatic heterocycles. The van der Waals surface area contributed by atoms with Crippen LogP contribution in [0.4, 0.5) is 0 Å². The number of carboxylic acid groups (broad SMARTS) is 1. The van der Waals surface area contributed by atoms with Gasteiger partial charge in [0.25, 0.3) is 0 Å². The predicted octanol–water partition coefficient (Wildman–Crippen LogP) is 1.07. The monoisotopic (exact) mass is 186 g/mol. The van der Waals surface area contributed by atoms with E-state index >= 15 is 0 Å². The molecule has 0 unspecified atom stereocenters. The highest BCUT2D eigenvalue weighted by atomic mass is 35.5. The smallest absolute Gasteiger partial charge is 0.309 e. The molecule has 5 heteroatoms. The summed E-state index contributed by atoms with van der Waals surface area (Å²) in [6.07, 6.45) is -0.115. The predicted molar refractivity (Wildman–Crippen MR) is 43.1 cm³/mol. The van der Waals surface area contributed by atoms with Gasteiger partial charge < -0.3 is 5.11 Å². The molecule has 12 heavy (non-hydrogen) atoms. The van der Waals surface area contributed by atoms with E-state index in [1.807, 2.05) is 0 Å². The zero-order chi connectivity index (χ0) is 9.14. The maximum atomic E-state index is 10.3. The summed E-state index contributed by atoms with van der Waals surface area (Å²) < 4.78 is 0. The Kier molecular flexibility index (Phi) is 2.60. The Labute approximate surface area is 74.2 Å². The van der Waals surface area contributed by atoms with E-state index in [2.05, 4.69) is 10.2 Å². The van der Waals surface area contributed by atoms with Crippen molar-refractivity contribution in [3.63, 3.8) is 0 Å². The molecule has 1 heterocycles. The lowest BCUT2D eigenvalue weighted by Crippen LogP contribution is -2.05. The molecule has 0 aromatic carbocycles. The number of carboxylic acids is 1. The number of carbonyl (C=O) groups is 1. The fraction of sp³-hybridized carbons (Fsp3) is 0.286. The van der Waals surface area contributed by atoms with E-state index in [-0.39, 0.29) is 11.6 Å². The van der Waals surface area contributed by atoms with Gasteiger partial charge in [0.2, 0.25) is 0 Å². The number of hydrogen-bond acceptors (Lipinski definition) is 3. The van der Waals surface area contributed by atoms with E-state index in [4.69, 9.17) is 16.7 Å². The molecular weight excluding hydrogens is 180 g/mol. The highest BCUT2D eigenvalue weighted by Gasteiger charge is 2.06. The van der Waals surface area contributed by atoms with Gasteiger partial charge in [-0.1, -0.05) is 11.6 Å². The zero-order valence-electron chi connectivity index (χ0n) is 6.41. The van der Waals surface area contributed by atoms with Crippen LogP contribution in [0.3, 0.4) is 0 Å². The van der Waals surface area contributed by atoms with E-state index in [1.165, 1.54) is 0 Å². The van der Waals surface area contributed by atoms with Crippen LogP contribution in [-0.2, 0) is 11.2 Å². The van der Waals surface area contributed by atoms with Crippen LogP contribution in [-0.4, -0.2) is 21.3 Å². The van der Waals surface area contributed by atoms with Crippen LogP contribution in [0.2, 0.25) is 5.15 Å².